The zero-order valence-corrected chi connectivity index (χ0v) is 11.2. The van der Waals surface area contributed by atoms with E-state index in [4.69, 9.17) is 4.74 Å². The summed E-state index contributed by atoms with van der Waals surface area (Å²) in [4.78, 5) is 23.2. The highest BCUT2D eigenvalue weighted by atomic mass is 19.1. The number of benzene rings is 1. The number of halogens is 1. The van der Waals surface area contributed by atoms with Gasteiger partial charge in [0.15, 0.2) is 6.61 Å². The average Bonchev–Trinajstić information content (AvgIpc) is 2.98. The SMILES string of the molecule is O=C(COC(=O)C1CCCC1)NCc1ccccc1F. The van der Waals surface area contributed by atoms with E-state index >= 15 is 0 Å². The molecule has 1 aromatic rings. The molecular weight excluding hydrogens is 261 g/mol. The lowest BCUT2D eigenvalue weighted by molar-refractivity contribution is -0.152. The van der Waals surface area contributed by atoms with Crippen LogP contribution in [0.5, 0.6) is 0 Å². The molecule has 2 rings (SSSR count). The summed E-state index contributed by atoms with van der Waals surface area (Å²) in [7, 11) is 0. The van der Waals surface area contributed by atoms with Crippen molar-refractivity contribution in [2.45, 2.75) is 32.2 Å². The van der Waals surface area contributed by atoms with Crippen molar-refractivity contribution in [1.29, 1.82) is 0 Å². The van der Waals surface area contributed by atoms with Crippen LogP contribution >= 0.6 is 0 Å². The lowest BCUT2D eigenvalue weighted by Crippen LogP contribution is -2.29. The van der Waals surface area contributed by atoms with Gasteiger partial charge in [0.2, 0.25) is 0 Å². The molecule has 1 amide bonds. The molecule has 1 fully saturated rings. The Morgan fingerprint density at radius 2 is 1.95 bits per heavy atom. The number of hydrogen-bond donors (Lipinski definition) is 1. The second-order valence-corrected chi connectivity index (χ2v) is 4.96. The van der Waals surface area contributed by atoms with Gasteiger partial charge in [0, 0.05) is 12.1 Å². The topological polar surface area (TPSA) is 55.4 Å². The first-order chi connectivity index (χ1) is 9.66. The number of esters is 1. The van der Waals surface area contributed by atoms with Gasteiger partial charge in [-0.1, -0.05) is 31.0 Å². The Morgan fingerprint density at radius 1 is 1.25 bits per heavy atom. The smallest absolute Gasteiger partial charge is 0.309 e. The molecule has 0 atom stereocenters. The maximum atomic E-state index is 13.3. The molecule has 1 aromatic carbocycles. The van der Waals surface area contributed by atoms with E-state index in [0.29, 0.717) is 5.56 Å². The van der Waals surface area contributed by atoms with Gasteiger partial charge in [-0.3, -0.25) is 9.59 Å². The second-order valence-electron chi connectivity index (χ2n) is 4.96. The first-order valence-corrected chi connectivity index (χ1v) is 6.83. The number of rotatable bonds is 5. The molecule has 0 unspecified atom stereocenters. The molecule has 20 heavy (non-hydrogen) atoms. The molecule has 1 N–H and O–H groups in total. The van der Waals surface area contributed by atoms with Crippen LogP contribution in [0.15, 0.2) is 24.3 Å². The lowest BCUT2D eigenvalue weighted by Gasteiger charge is -2.10. The lowest BCUT2D eigenvalue weighted by atomic mass is 10.1. The van der Waals surface area contributed by atoms with Crippen LogP contribution in [0.3, 0.4) is 0 Å². The molecule has 1 aliphatic rings. The van der Waals surface area contributed by atoms with Crippen molar-refractivity contribution in [3.63, 3.8) is 0 Å². The number of ether oxygens (including phenoxy) is 1. The van der Waals surface area contributed by atoms with Crippen molar-refractivity contribution < 1.29 is 18.7 Å². The molecule has 0 aliphatic heterocycles. The number of carbonyl (C=O) groups is 2. The van der Waals surface area contributed by atoms with Gasteiger partial charge in [0.05, 0.1) is 5.92 Å². The molecule has 0 heterocycles. The van der Waals surface area contributed by atoms with Crippen LogP contribution in [0.25, 0.3) is 0 Å². The number of hydrogen-bond acceptors (Lipinski definition) is 3. The fraction of sp³-hybridized carbons (Fsp3) is 0.467. The van der Waals surface area contributed by atoms with E-state index in [-0.39, 0.29) is 30.9 Å². The first kappa shape index (κ1) is 14.5. The molecule has 1 aliphatic carbocycles. The van der Waals surface area contributed by atoms with E-state index in [1.54, 1.807) is 18.2 Å². The quantitative estimate of drug-likeness (QED) is 0.840. The molecule has 108 valence electrons. The Hall–Kier alpha value is -1.91. The second kappa shape index (κ2) is 7.03. The fourth-order valence-corrected chi connectivity index (χ4v) is 2.30. The number of nitrogens with one attached hydrogen (secondary N) is 1. The third-order valence-corrected chi connectivity index (χ3v) is 3.47. The highest BCUT2D eigenvalue weighted by Gasteiger charge is 2.24. The summed E-state index contributed by atoms with van der Waals surface area (Å²) in [5.74, 6) is -1.15. The van der Waals surface area contributed by atoms with Crippen LogP contribution in [0.1, 0.15) is 31.2 Å². The zero-order valence-electron chi connectivity index (χ0n) is 11.2. The van der Waals surface area contributed by atoms with Crippen molar-refractivity contribution in [3.8, 4) is 0 Å². The third kappa shape index (κ3) is 4.05. The molecule has 1 saturated carbocycles. The average molecular weight is 279 g/mol. The van der Waals surface area contributed by atoms with Gasteiger partial charge in [-0.25, -0.2) is 4.39 Å². The van der Waals surface area contributed by atoms with Gasteiger partial charge in [0.1, 0.15) is 5.82 Å². The minimum absolute atomic E-state index is 0.0608. The van der Waals surface area contributed by atoms with Crippen LogP contribution < -0.4 is 5.32 Å². The molecule has 0 radical (unpaired) electrons. The van der Waals surface area contributed by atoms with Crippen LogP contribution in [0, 0.1) is 11.7 Å². The van der Waals surface area contributed by atoms with E-state index in [1.807, 2.05) is 0 Å². The van der Waals surface area contributed by atoms with Crippen LogP contribution in [0.4, 0.5) is 4.39 Å². The van der Waals surface area contributed by atoms with Crippen molar-refractivity contribution in [1.82, 2.24) is 5.32 Å². The molecule has 0 spiro atoms. The molecule has 5 heteroatoms. The van der Waals surface area contributed by atoms with E-state index in [2.05, 4.69) is 5.32 Å². The Balaban J connectivity index is 1.70. The predicted octanol–water partition coefficient (Wildman–Crippen LogP) is 2.18. The number of carbonyl (C=O) groups excluding carboxylic acids is 2. The standard InChI is InChI=1S/C15H18FNO3/c16-13-8-4-3-7-12(13)9-17-14(18)10-20-15(19)11-5-1-2-6-11/h3-4,7-8,11H,1-2,5-6,9-10H2,(H,17,18). The molecule has 0 aromatic heterocycles. The minimum Gasteiger partial charge on any atom is -0.455 e. The van der Waals surface area contributed by atoms with Gasteiger partial charge in [-0.15, -0.1) is 0 Å². The summed E-state index contributed by atoms with van der Waals surface area (Å²) in [5, 5.41) is 2.53. The molecular formula is C15H18FNO3. The third-order valence-electron chi connectivity index (χ3n) is 3.47. The van der Waals surface area contributed by atoms with Crippen molar-refractivity contribution >= 4 is 11.9 Å². The summed E-state index contributed by atoms with van der Waals surface area (Å²) in [6.45, 7) is -0.212. The summed E-state index contributed by atoms with van der Waals surface area (Å²) in [6, 6.07) is 6.22. The fourth-order valence-electron chi connectivity index (χ4n) is 2.30. The summed E-state index contributed by atoms with van der Waals surface area (Å²) in [5.41, 5.74) is 0.406. The highest BCUT2D eigenvalue weighted by Crippen LogP contribution is 2.25. The number of amides is 1. The Morgan fingerprint density at radius 3 is 2.65 bits per heavy atom. The van der Waals surface area contributed by atoms with Crippen LogP contribution in [-0.2, 0) is 20.9 Å². The first-order valence-electron chi connectivity index (χ1n) is 6.83. The monoisotopic (exact) mass is 279 g/mol. The molecule has 0 saturated heterocycles. The largest absolute Gasteiger partial charge is 0.455 e. The summed E-state index contributed by atoms with van der Waals surface area (Å²) >= 11 is 0. The summed E-state index contributed by atoms with van der Waals surface area (Å²) in [6.07, 6.45) is 3.77. The minimum atomic E-state index is -0.417. The highest BCUT2D eigenvalue weighted by molar-refractivity contribution is 5.81. The van der Waals surface area contributed by atoms with Gasteiger partial charge in [0.25, 0.3) is 5.91 Å². The van der Waals surface area contributed by atoms with E-state index in [9.17, 15) is 14.0 Å². The van der Waals surface area contributed by atoms with E-state index < -0.39 is 5.91 Å². The predicted molar refractivity (Wildman–Crippen MR) is 71.2 cm³/mol. The van der Waals surface area contributed by atoms with Gasteiger partial charge < -0.3 is 10.1 Å². The van der Waals surface area contributed by atoms with Gasteiger partial charge in [-0.05, 0) is 18.9 Å². The maximum absolute atomic E-state index is 13.3. The van der Waals surface area contributed by atoms with Crippen molar-refractivity contribution in [3.05, 3.63) is 35.6 Å². The van der Waals surface area contributed by atoms with Crippen molar-refractivity contribution in [2.75, 3.05) is 6.61 Å². The van der Waals surface area contributed by atoms with Gasteiger partial charge in [-0.2, -0.15) is 0 Å². The normalized spacial score (nSPS) is 15.1. The maximum Gasteiger partial charge on any atom is 0.309 e. The summed E-state index contributed by atoms with van der Waals surface area (Å²) < 4.78 is 18.3. The van der Waals surface area contributed by atoms with Crippen LogP contribution in [0.2, 0.25) is 0 Å². The van der Waals surface area contributed by atoms with E-state index in [0.717, 1.165) is 25.7 Å². The van der Waals surface area contributed by atoms with E-state index in [1.165, 1.54) is 6.07 Å². The Labute approximate surface area is 117 Å². The van der Waals surface area contributed by atoms with Crippen molar-refractivity contribution in [2.24, 2.45) is 5.92 Å². The van der Waals surface area contributed by atoms with Gasteiger partial charge >= 0.3 is 5.97 Å². The zero-order chi connectivity index (χ0) is 14.4. The van der Waals surface area contributed by atoms with Crippen LogP contribution in [-0.4, -0.2) is 18.5 Å². The molecule has 0 bridgehead atoms. The Bertz CT molecular complexity index is 484. The Kier molecular flexibility index (Phi) is 5.09. The molecule has 4 nitrogen and oxygen atoms in total.